The van der Waals surface area contributed by atoms with E-state index in [1.807, 2.05) is 0 Å². The number of aromatic nitrogens is 1. The first-order chi connectivity index (χ1) is 12.0. The van der Waals surface area contributed by atoms with Gasteiger partial charge in [0.25, 0.3) is 5.91 Å². The number of carbonyl (C=O) groups is 1. The van der Waals surface area contributed by atoms with Crippen molar-refractivity contribution in [2.75, 3.05) is 32.9 Å². The predicted octanol–water partition coefficient (Wildman–Crippen LogP) is 2.20. The van der Waals surface area contributed by atoms with Crippen molar-refractivity contribution >= 4 is 40.4 Å². The third kappa shape index (κ3) is 4.31. The minimum atomic E-state index is -0.660. The van der Waals surface area contributed by atoms with Crippen LogP contribution in [0.5, 0.6) is 0 Å². The first-order valence-electron chi connectivity index (χ1n) is 7.66. The maximum atomic E-state index is 12.4. The summed E-state index contributed by atoms with van der Waals surface area (Å²) in [4.78, 5) is 16.7. The number of ether oxygens (including phenoxy) is 1. The summed E-state index contributed by atoms with van der Waals surface area (Å²) in [6.07, 6.45) is 0. The van der Waals surface area contributed by atoms with Crippen LogP contribution < -0.4 is 10.6 Å². The predicted molar refractivity (Wildman–Crippen MR) is 98.5 cm³/mol. The summed E-state index contributed by atoms with van der Waals surface area (Å²) < 4.78 is 5.39. The summed E-state index contributed by atoms with van der Waals surface area (Å²) >= 11 is 13.4. The molecule has 6 nitrogen and oxygen atoms in total. The number of amides is 1. The van der Waals surface area contributed by atoms with Gasteiger partial charge in [-0.2, -0.15) is 0 Å². The van der Waals surface area contributed by atoms with Gasteiger partial charge in [0.15, 0.2) is 0 Å². The van der Waals surface area contributed by atoms with Gasteiger partial charge in [-0.15, -0.1) is 11.3 Å². The van der Waals surface area contributed by atoms with Gasteiger partial charge in [0.05, 0.1) is 30.4 Å². The highest BCUT2D eigenvalue weighted by molar-refractivity contribution is 7.13. The third-order valence-corrected chi connectivity index (χ3v) is 5.34. The number of aliphatic hydroxyl groups is 1. The maximum Gasteiger partial charge on any atom is 0.270 e. The molecule has 3 rings (SSSR count). The number of benzene rings is 1. The Morgan fingerprint density at radius 1 is 1.48 bits per heavy atom. The quantitative estimate of drug-likeness (QED) is 0.714. The Bertz CT molecular complexity index is 763. The van der Waals surface area contributed by atoms with Gasteiger partial charge >= 0.3 is 0 Å². The highest BCUT2D eigenvalue weighted by Crippen LogP contribution is 2.32. The van der Waals surface area contributed by atoms with Gasteiger partial charge in [0.2, 0.25) is 0 Å². The average Bonchev–Trinajstić information content (AvgIpc) is 3.10. The summed E-state index contributed by atoms with van der Waals surface area (Å²) in [6, 6.07) is 5.14. The van der Waals surface area contributed by atoms with Crippen molar-refractivity contribution in [2.24, 2.45) is 0 Å². The Morgan fingerprint density at radius 3 is 3.00 bits per heavy atom. The van der Waals surface area contributed by atoms with Gasteiger partial charge in [-0.1, -0.05) is 23.2 Å². The molecule has 0 saturated carbocycles. The Kier molecular flexibility index (Phi) is 5.93. The largest absolute Gasteiger partial charge is 0.394 e. The lowest BCUT2D eigenvalue weighted by molar-refractivity contribution is 0.0000148. The van der Waals surface area contributed by atoms with Gasteiger partial charge in [0, 0.05) is 29.1 Å². The molecule has 1 amide bonds. The van der Waals surface area contributed by atoms with E-state index in [0.717, 1.165) is 5.56 Å². The number of nitrogens with one attached hydrogen (secondary N) is 2. The standard InChI is InChI=1S/C16H17Cl2N3O3S/c17-10-1-2-11(12(18)5-10)15-21-13(6-25-15)14(23)19-7-16(8-22)9-24-4-3-20-16/h1-2,5-6,20,22H,3-4,7-9H2,(H,19,23). The highest BCUT2D eigenvalue weighted by atomic mass is 35.5. The van der Waals surface area contributed by atoms with E-state index in [2.05, 4.69) is 15.6 Å². The van der Waals surface area contributed by atoms with Crippen molar-refractivity contribution in [1.29, 1.82) is 0 Å². The minimum Gasteiger partial charge on any atom is -0.394 e. The molecule has 9 heteroatoms. The third-order valence-electron chi connectivity index (χ3n) is 3.91. The molecule has 2 heterocycles. The van der Waals surface area contributed by atoms with Crippen LogP contribution in [-0.4, -0.2) is 54.4 Å². The molecule has 1 aliphatic heterocycles. The number of halogens is 2. The summed E-state index contributed by atoms with van der Waals surface area (Å²) in [7, 11) is 0. The molecule has 1 fully saturated rings. The van der Waals surface area contributed by atoms with E-state index in [0.29, 0.717) is 40.5 Å². The molecule has 1 atom stereocenters. The normalized spacial score (nSPS) is 20.4. The number of hydrogen-bond donors (Lipinski definition) is 3. The summed E-state index contributed by atoms with van der Waals surface area (Å²) in [5.41, 5.74) is 0.367. The number of hydrogen-bond acceptors (Lipinski definition) is 6. The Morgan fingerprint density at radius 2 is 2.32 bits per heavy atom. The zero-order valence-electron chi connectivity index (χ0n) is 13.2. The fourth-order valence-corrected chi connectivity index (χ4v) is 3.88. The first-order valence-corrected chi connectivity index (χ1v) is 9.29. The van der Waals surface area contributed by atoms with Crippen LogP contribution >= 0.6 is 34.5 Å². The molecule has 0 spiro atoms. The molecule has 1 unspecified atom stereocenters. The monoisotopic (exact) mass is 401 g/mol. The molecule has 2 aromatic rings. The van der Waals surface area contributed by atoms with Crippen LogP contribution in [0, 0.1) is 0 Å². The van der Waals surface area contributed by atoms with Crippen LogP contribution in [0.4, 0.5) is 0 Å². The highest BCUT2D eigenvalue weighted by Gasteiger charge is 2.32. The van der Waals surface area contributed by atoms with Gasteiger partial charge in [0.1, 0.15) is 10.7 Å². The lowest BCUT2D eigenvalue weighted by Gasteiger charge is -2.36. The van der Waals surface area contributed by atoms with Crippen LogP contribution in [0.15, 0.2) is 23.6 Å². The van der Waals surface area contributed by atoms with Crippen molar-refractivity contribution < 1.29 is 14.6 Å². The summed E-state index contributed by atoms with van der Waals surface area (Å²) in [5.74, 6) is -0.312. The van der Waals surface area contributed by atoms with Crippen molar-refractivity contribution in [3.63, 3.8) is 0 Å². The van der Waals surface area contributed by atoms with E-state index < -0.39 is 5.54 Å². The number of nitrogens with zero attached hydrogens (tertiary/aromatic N) is 1. The number of thiazole rings is 1. The van der Waals surface area contributed by atoms with E-state index in [1.165, 1.54) is 11.3 Å². The lowest BCUT2D eigenvalue weighted by Crippen LogP contribution is -2.62. The topological polar surface area (TPSA) is 83.5 Å². The number of carbonyl (C=O) groups excluding carboxylic acids is 1. The fraction of sp³-hybridized carbons (Fsp3) is 0.375. The van der Waals surface area contributed by atoms with Gasteiger partial charge < -0.3 is 20.5 Å². The first kappa shape index (κ1) is 18.6. The SMILES string of the molecule is O=C(NCC1(CO)COCCN1)c1csc(-c2ccc(Cl)cc2Cl)n1. The van der Waals surface area contributed by atoms with Gasteiger partial charge in [-0.05, 0) is 18.2 Å². The van der Waals surface area contributed by atoms with E-state index in [9.17, 15) is 9.90 Å². The lowest BCUT2D eigenvalue weighted by atomic mass is 10.0. The second kappa shape index (κ2) is 7.99. The molecule has 0 bridgehead atoms. The maximum absolute atomic E-state index is 12.4. The van der Waals surface area contributed by atoms with Gasteiger partial charge in [-0.3, -0.25) is 4.79 Å². The second-order valence-electron chi connectivity index (χ2n) is 5.76. The molecule has 1 aliphatic rings. The Hall–Kier alpha value is -1.22. The van der Waals surface area contributed by atoms with E-state index in [1.54, 1.807) is 23.6 Å². The van der Waals surface area contributed by atoms with Crippen molar-refractivity contribution in [3.05, 3.63) is 39.3 Å². The summed E-state index contributed by atoms with van der Waals surface area (Å²) in [5, 5.41) is 18.9. The fourth-order valence-electron chi connectivity index (χ4n) is 2.48. The molecule has 134 valence electrons. The summed E-state index contributed by atoms with van der Waals surface area (Å²) in [6.45, 7) is 1.68. The van der Waals surface area contributed by atoms with Crippen molar-refractivity contribution in [3.8, 4) is 10.6 Å². The van der Waals surface area contributed by atoms with Crippen molar-refractivity contribution in [2.45, 2.75) is 5.54 Å². The molecule has 3 N–H and O–H groups in total. The molecule has 1 aromatic carbocycles. The molecule has 1 saturated heterocycles. The minimum absolute atomic E-state index is 0.129. The molecule has 1 aromatic heterocycles. The van der Waals surface area contributed by atoms with Crippen LogP contribution in [0.2, 0.25) is 10.0 Å². The van der Waals surface area contributed by atoms with Crippen LogP contribution in [0.25, 0.3) is 10.6 Å². The molecule has 0 aliphatic carbocycles. The zero-order chi connectivity index (χ0) is 17.9. The van der Waals surface area contributed by atoms with Crippen LogP contribution in [-0.2, 0) is 4.74 Å². The van der Waals surface area contributed by atoms with E-state index in [-0.39, 0.29) is 19.1 Å². The molecular formula is C16H17Cl2N3O3S. The van der Waals surface area contributed by atoms with Crippen molar-refractivity contribution in [1.82, 2.24) is 15.6 Å². The van der Waals surface area contributed by atoms with Crippen LogP contribution in [0.3, 0.4) is 0 Å². The second-order valence-corrected chi connectivity index (χ2v) is 7.46. The zero-order valence-corrected chi connectivity index (χ0v) is 15.5. The van der Waals surface area contributed by atoms with Crippen LogP contribution in [0.1, 0.15) is 10.5 Å². The Balaban J connectivity index is 1.68. The molecular weight excluding hydrogens is 385 g/mol. The molecule has 25 heavy (non-hydrogen) atoms. The number of aliphatic hydroxyl groups excluding tert-OH is 1. The van der Waals surface area contributed by atoms with Gasteiger partial charge in [-0.25, -0.2) is 4.98 Å². The van der Waals surface area contributed by atoms with E-state index >= 15 is 0 Å². The van der Waals surface area contributed by atoms with E-state index in [4.69, 9.17) is 27.9 Å². The molecule has 0 radical (unpaired) electrons. The Labute approximate surface area is 159 Å². The number of rotatable bonds is 5. The average molecular weight is 402 g/mol. The number of morpholine rings is 1. The smallest absolute Gasteiger partial charge is 0.270 e.